The first-order valence-corrected chi connectivity index (χ1v) is 18.7. The van der Waals surface area contributed by atoms with E-state index in [2.05, 4.69) is 4.72 Å². The molecule has 0 aliphatic heterocycles. The molecule has 0 amide bonds. The van der Waals surface area contributed by atoms with Crippen molar-refractivity contribution in [2.24, 2.45) is 5.14 Å². The Morgan fingerprint density at radius 2 is 1.64 bits per heavy atom. The molecule has 3 aliphatic rings. The lowest BCUT2D eigenvalue weighted by Crippen LogP contribution is -2.44. The molecular formula is C32H37F2N3O6S2. The summed E-state index contributed by atoms with van der Waals surface area (Å²) >= 11 is 0. The van der Waals surface area contributed by atoms with Gasteiger partial charge in [0.05, 0.1) is 11.4 Å². The maximum atomic E-state index is 15.0. The van der Waals surface area contributed by atoms with Crippen LogP contribution in [0.2, 0.25) is 0 Å². The molecule has 0 radical (unpaired) electrons. The monoisotopic (exact) mass is 661 g/mol. The number of aromatic nitrogens is 1. The molecular weight excluding hydrogens is 624 g/mol. The first-order chi connectivity index (χ1) is 21.4. The lowest BCUT2D eigenvalue weighted by molar-refractivity contribution is -0.627. The van der Waals surface area contributed by atoms with Crippen molar-refractivity contribution in [2.75, 3.05) is 10.5 Å². The number of hydrogen-bond acceptors (Lipinski definition) is 6. The van der Waals surface area contributed by atoms with Gasteiger partial charge in [-0.05, 0) is 87.6 Å². The van der Waals surface area contributed by atoms with E-state index in [-0.39, 0.29) is 56.5 Å². The molecule has 242 valence electrons. The topological polar surface area (TPSA) is 142 Å². The molecule has 2 aromatic carbocycles. The first-order valence-electron chi connectivity index (χ1n) is 15.5. The third kappa shape index (κ3) is 6.39. The Kier molecular flexibility index (Phi) is 8.55. The molecule has 45 heavy (non-hydrogen) atoms. The van der Waals surface area contributed by atoms with Crippen molar-refractivity contribution in [3.63, 3.8) is 0 Å². The smallest absolute Gasteiger partial charge is 0.244 e. The molecule has 9 nitrogen and oxygen atoms in total. The maximum absolute atomic E-state index is 15.0. The maximum Gasteiger partial charge on any atom is 0.244 e. The Labute approximate surface area is 262 Å². The van der Waals surface area contributed by atoms with E-state index >= 15 is 0 Å². The molecule has 1 aromatic heterocycles. The average Bonchev–Trinajstić information content (AvgIpc) is 3.84. The Morgan fingerprint density at radius 3 is 2.29 bits per heavy atom. The predicted octanol–water partition coefficient (Wildman–Crippen LogP) is 6.27. The van der Waals surface area contributed by atoms with Crippen LogP contribution in [-0.4, -0.2) is 22.6 Å². The molecule has 0 saturated heterocycles. The number of primary sulfonamides is 1. The van der Waals surface area contributed by atoms with Gasteiger partial charge in [-0.3, -0.25) is 4.72 Å². The molecule has 6 rings (SSSR count). The predicted molar refractivity (Wildman–Crippen MR) is 166 cm³/mol. The average molecular weight is 662 g/mol. The highest BCUT2D eigenvalue weighted by atomic mass is 32.2. The number of ether oxygens (including phenoxy) is 1. The number of nitrogens with zero attached hydrogens (tertiary/aromatic N) is 1. The summed E-state index contributed by atoms with van der Waals surface area (Å²) in [6, 6.07) is 5.99. The van der Waals surface area contributed by atoms with Crippen LogP contribution in [0.15, 0.2) is 35.2 Å². The molecule has 3 aromatic rings. The number of halogens is 2. The van der Waals surface area contributed by atoms with Crippen molar-refractivity contribution in [2.45, 2.75) is 94.3 Å². The zero-order chi connectivity index (χ0) is 32.1. The number of fused-ring (bicyclic) bond motifs is 1. The molecule has 3 aliphatic carbocycles. The minimum Gasteiger partial charge on any atom is -0.618 e. The second kappa shape index (κ2) is 12.1. The third-order valence-electron chi connectivity index (χ3n) is 9.14. The largest absolute Gasteiger partial charge is 0.618 e. The van der Waals surface area contributed by atoms with Crippen LogP contribution in [0.4, 0.5) is 14.5 Å². The summed E-state index contributed by atoms with van der Waals surface area (Å²) in [6.45, 7) is 1.50. The fourth-order valence-corrected chi connectivity index (χ4v) is 8.51. The van der Waals surface area contributed by atoms with Gasteiger partial charge >= 0.3 is 0 Å². The van der Waals surface area contributed by atoms with Crippen LogP contribution < -0.4 is 19.3 Å². The van der Waals surface area contributed by atoms with Crippen LogP contribution in [0.3, 0.4) is 0 Å². The number of sulfonamides is 2. The Morgan fingerprint density at radius 1 is 0.933 bits per heavy atom. The first kappa shape index (κ1) is 31.7. The van der Waals surface area contributed by atoms with Gasteiger partial charge in [-0.2, -0.15) is 4.73 Å². The summed E-state index contributed by atoms with van der Waals surface area (Å²) < 4.78 is 91.2. The molecule has 2 saturated carbocycles. The highest BCUT2D eigenvalue weighted by Crippen LogP contribution is 2.51. The summed E-state index contributed by atoms with van der Waals surface area (Å²) in [5, 5.41) is 20.0. The van der Waals surface area contributed by atoms with E-state index in [1.54, 1.807) is 6.07 Å². The summed E-state index contributed by atoms with van der Waals surface area (Å²) in [4.78, 5) is -0.307. The highest BCUT2D eigenvalue weighted by Gasteiger charge is 2.40. The Hall–Kier alpha value is -3.29. The van der Waals surface area contributed by atoms with Gasteiger partial charge in [0.25, 0.3) is 0 Å². The van der Waals surface area contributed by atoms with Crippen LogP contribution in [-0.2, 0) is 32.9 Å². The van der Waals surface area contributed by atoms with Gasteiger partial charge in [0, 0.05) is 35.1 Å². The van der Waals surface area contributed by atoms with Crippen LogP contribution in [0.25, 0.3) is 11.1 Å². The molecule has 0 atom stereocenters. The zero-order valence-electron chi connectivity index (χ0n) is 25.1. The van der Waals surface area contributed by atoms with Crippen molar-refractivity contribution < 1.29 is 35.1 Å². The second-order valence-electron chi connectivity index (χ2n) is 12.3. The van der Waals surface area contributed by atoms with Gasteiger partial charge in [0.2, 0.25) is 25.7 Å². The number of anilines is 1. The molecule has 0 bridgehead atoms. The van der Waals surface area contributed by atoms with E-state index in [0.29, 0.717) is 55.0 Å². The van der Waals surface area contributed by atoms with Crippen LogP contribution >= 0.6 is 0 Å². The van der Waals surface area contributed by atoms with E-state index in [4.69, 9.17) is 9.88 Å². The fourth-order valence-electron chi connectivity index (χ4n) is 6.80. The van der Waals surface area contributed by atoms with Gasteiger partial charge in [-0.1, -0.05) is 19.3 Å². The Bertz CT molecular complexity index is 1870. The van der Waals surface area contributed by atoms with E-state index in [0.717, 1.165) is 55.4 Å². The molecule has 3 N–H and O–H groups in total. The lowest BCUT2D eigenvalue weighted by atomic mass is 9.82. The molecule has 2 fully saturated rings. The number of nitrogens with one attached hydrogen (secondary N) is 1. The number of hydrogen-bond donors (Lipinski definition) is 2. The van der Waals surface area contributed by atoms with Crippen molar-refractivity contribution in [1.82, 2.24) is 0 Å². The fraction of sp³-hybridized carbons (Fsp3) is 0.469. The van der Waals surface area contributed by atoms with Gasteiger partial charge in [-0.15, -0.1) is 0 Å². The van der Waals surface area contributed by atoms with Crippen LogP contribution in [0.5, 0.6) is 11.5 Å². The summed E-state index contributed by atoms with van der Waals surface area (Å²) in [5.74, 6) is -2.55. The van der Waals surface area contributed by atoms with E-state index in [1.807, 2.05) is 0 Å². The van der Waals surface area contributed by atoms with Crippen LogP contribution in [0, 0.1) is 16.8 Å². The minimum absolute atomic E-state index is 0.00183. The number of benzene rings is 2. The number of rotatable bonds is 9. The van der Waals surface area contributed by atoms with Crippen molar-refractivity contribution >= 4 is 25.7 Å². The standard InChI is InChI=1S/C32H37F2N3O6S2/c1-2-44(39,40)36-26-17-24(29(18-23(26)19-12-13-19)43-28-15-14-21(33)16-25(28)34)30-22-10-6-7-11-27(22)37(38)31(32(30)45(35,41)42)20-8-4-3-5-9-20/h14-20,36H,2-13H2,1H3,(H2,35,41,42). The Balaban J connectivity index is 1.71. The number of pyridine rings is 1. The van der Waals surface area contributed by atoms with Crippen molar-refractivity contribution in [3.8, 4) is 22.6 Å². The van der Waals surface area contributed by atoms with Gasteiger partial charge in [0.15, 0.2) is 22.2 Å². The lowest BCUT2D eigenvalue weighted by Gasteiger charge is -2.29. The summed E-state index contributed by atoms with van der Waals surface area (Å²) in [5.41, 5.74) is 2.24. The van der Waals surface area contributed by atoms with Crippen molar-refractivity contribution in [3.05, 3.63) is 69.7 Å². The quantitative estimate of drug-likeness (QED) is 0.205. The normalized spacial score (nSPS) is 17.6. The highest BCUT2D eigenvalue weighted by molar-refractivity contribution is 7.92. The van der Waals surface area contributed by atoms with E-state index < -0.39 is 31.7 Å². The van der Waals surface area contributed by atoms with Crippen LogP contribution in [0.1, 0.15) is 99.1 Å². The zero-order valence-corrected chi connectivity index (χ0v) is 26.7. The van der Waals surface area contributed by atoms with E-state index in [1.165, 1.54) is 13.0 Å². The van der Waals surface area contributed by atoms with Gasteiger partial charge < -0.3 is 9.94 Å². The molecule has 1 heterocycles. The summed E-state index contributed by atoms with van der Waals surface area (Å²) in [7, 11) is -8.29. The summed E-state index contributed by atoms with van der Waals surface area (Å²) in [6.07, 6.45) is 7.68. The van der Waals surface area contributed by atoms with Gasteiger partial charge in [0.1, 0.15) is 11.6 Å². The SMILES string of the molecule is CCS(=O)(=O)Nc1cc(-c2c3c([n+]([O-])c(C4CCCCC4)c2S(N)(=O)=O)CCCC3)c(Oc2ccc(F)cc2F)cc1C1CC1. The third-order valence-corrected chi connectivity index (χ3v) is 11.4. The van der Waals surface area contributed by atoms with Gasteiger partial charge in [-0.25, -0.2) is 30.8 Å². The number of nitrogens with two attached hydrogens (primary N) is 1. The van der Waals surface area contributed by atoms with E-state index in [9.17, 15) is 30.8 Å². The molecule has 0 spiro atoms. The van der Waals surface area contributed by atoms with Crippen molar-refractivity contribution in [1.29, 1.82) is 0 Å². The minimum atomic E-state index is -4.53. The second-order valence-corrected chi connectivity index (χ2v) is 15.8. The molecule has 0 unspecified atom stereocenters. The molecule has 13 heteroatoms.